The summed E-state index contributed by atoms with van der Waals surface area (Å²) in [6.45, 7) is 3.77. The van der Waals surface area contributed by atoms with Gasteiger partial charge in [0.15, 0.2) is 5.15 Å². The first kappa shape index (κ1) is 11.9. The van der Waals surface area contributed by atoms with Crippen LogP contribution in [0.2, 0.25) is 5.15 Å². The highest BCUT2D eigenvalue weighted by molar-refractivity contribution is 6.32. The summed E-state index contributed by atoms with van der Waals surface area (Å²) in [5.41, 5.74) is 6.17. The second-order valence-electron chi connectivity index (χ2n) is 3.60. The number of aromatic nitrogens is 1. The number of rotatable bonds is 3. The standard InChI is InChI=1S/C10H14ClN3O/c1-6(2)8(12)10(15)14-7-4-3-5-13-9(7)11/h3-6,8H,12H2,1-2H3,(H,14,15). The lowest BCUT2D eigenvalue weighted by Gasteiger charge is -2.15. The topological polar surface area (TPSA) is 68.0 Å². The molecule has 1 aromatic heterocycles. The summed E-state index contributed by atoms with van der Waals surface area (Å²) < 4.78 is 0. The van der Waals surface area contributed by atoms with Crippen LogP contribution in [0.5, 0.6) is 0 Å². The van der Waals surface area contributed by atoms with Crippen molar-refractivity contribution in [1.29, 1.82) is 0 Å². The van der Waals surface area contributed by atoms with Gasteiger partial charge in [0, 0.05) is 6.20 Å². The van der Waals surface area contributed by atoms with Crippen molar-refractivity contribution in [2.24, 2.45) is 11.7 Å². The van der Waals surface area contributed by atoms with Gasteiger partial charge in [-0.05, 0) is 18.1 Å². The summed E-state index contributed by atoms with van der Waals surface area (Å²) in [5, 5.41) is 2.90. The van der Waals surface area contributed by atoms with E-state index in [0.717, 1.165) is 0 Å². The molecule has 0 radical (unpaired) electrons. The van der Waals surface area contributed by atoms with Crippen LogP contribution in [-0.4, -0.2) is 16.9 Å². The Kier molecular flexibility index (Phi) is 4.05. The Morgan fingerprint density at radius 2 is 2.27 bits per heavy atom. The lowest BCUT2D eigenvalue weighted by atomic mass is 10.1. The summed E-state index contributed by atoms with van der Waals surface area (Å²) in [7, 11) is 0. The first-order chi connectivity index (χ1) is 7.02. The van der Waals surface area contributed by atoms with Crippen LogP contribution in [0.3, 0.4) is 0 Å². The van der Waals surface area contributed by atoms with Gasteiger partial charge in [0.05, 0.1) is 11.7 Å². The van der Waals surface area contributed by atoms with Gasteiger partial charge in [-0.25, -0.2) is 4.98 Å². The number of nitrogens with zero attached hydrogens (tertiary/aromatic N) is 1. The molecule has 0 spiro atoms. The molecule has 0 fully saturated rings. The number of nitrogens with one attached hydrogen (secondary N) is 1. The largest absolute Gasteiger partial charge is 0.322 e. The number of hydrogen-bond donors (Lipinski definition) is 2. The number of carbonyl (C=O) groups is 1. The van der Waals surface area contributed by atoms with Gasteiger partial charge in [0.2, 0.25) is 5.91 Å². The molecule has 5 heteroatoms. The molecule has 1 unspecified atom stereocenters. The van der Waals surface area contributed by atoms with Crippen molar-refractivity contribution in [1.82, 2.24) is 4.98 Å². The highest BCUT2D eigenvalue weighted by Crippen LogP contribution is 2.17. The number of hydrogen-bond acceptors (Lipinski definition) is 3. The third kappa shape index (κ3) is 3.18. The van der Waals surface area contributed by atoms with Crippen LogP contribution in [-0.2, 0) is 4.79 Å². The Morgan fingerprint density at radius 1 is 1.60 bits per heavy atom. The predicted molar refractivity (Wildman–Crippen MR) is 60.7 cm³/mol. The van der Waals surface area contributed by atoms with Crippen molar-refractivity contribution < 1.29 is 4.79 Å². The number of pyridine rings is 1. The molecule has 0 aliphatic carbocycles. The van der Waals surface area contributed by atoms with Crippen LogP contribution in [0, 0.1) is 5.92 Å². The summed E-state index contributed by atoms with van der Waals surface area (Å²) >= 11 is 5.79. The van der Waals surface area contributed by atoms with Gasteiger partial charge in [-0.1, -0.05) is 25.4 Å². The fraction of sp³-hybridized carbons (Fsp3) is 0.400. The van der Waals surface area contributed by atoms with E-state index in [0.29, 0.717) is 5.69 Å². The van der Waals surface area contributed by atoms with Crippen LogP contribution in [0.1, 0.15) is 13.8 Å². The van der Waals surface area contributed by atoms with Gasteiger partial charge < -0.3 is 11.1 Å². The zero-order chi connectivity index (χ0) is 11.4. The molecule has 82 valence electrons. The Morgan fingerprint density at radius 3 is 2.80 bits per heavy atom. The SMILES string of the molecule is CC(C)C(N)C(=O)Nc1cccnc1Cl. The molecule has 3 N–H and O–H groups in total. The molecule has 0 bridgehead atoms. The van der Waals surface area contributed by atoms with E-state index in [1.807, 2.05) is 13.8 Å². The quantitative estimate of drug-likeness (QED) is 0.772. The van der Waals surface area contributed by atoms with E-state index in [2.05, 4.69) is 10.3 Å². The lowest BCUT2D eigenvalue weighted by Crippen LogP contribution is -2.39. The normalized spacial score (nSPS) is 12.6. The summed E-state index contributed by atoms with van der Waals surface area (Å²) in [6.07, 6.45) is 1.56. The average molecular weight is 228 g/mol. The number of amides is 1. The highest BCUT2D eigenvalue weighted by Gasteiger charge is 2.17. The Bertz CT molecular complexity index is 354. The van der Waals surface area contributed by atoms with Gasteiger partial charge in [-0.2, -0.15) is 0 Å². The van der Waals surface area contributed by atoms with Gasteiger partial charge in [0.1, 0.15) is 0 Å². The molecule has 1 atom stereocenters. The second kappa shape index (κ2) is 5.09. The van der Waals surface area contributed by atoms with E-state index in [4.69, 9.17) is 17.3 Å². The number of nitrogens with two attached hydrogens (primary N) is 1. The first-order valence-electron chi connectivity index (χ1n) is 4.69. The maximum Gasteiger partial charge on any atom is 0.241 e. The van der Waals surface area contributed by atoms with Crippen LogP contribution in [0.25, 0.3) is 0 Å². The van der Waals surface area contributed by atoms with Crippen molar-refractivity contribution in [3.05, 3.63) is 23.5 Å². The minimum atomic E-state index is -0.540. The molecule has 15 heavy (non-hydrogen) atoms. The second-order valence-corrected chi connectivity index (χ2v) is 3.96. The zero-order valence-electron chi connectivity index (χ0n) is 8.70. The number of halogens is 1. The van der Waals surface area contributed by atoms with Crippen LogP contribution in [0.4, 0.5) is 5.69 Å². The molecule has 0 aliphatic heterocycles. The van der Waals surface area contributed by atoms with E-state index < -0.39 is 6.04 Å². The number of carbonyl (C=O) groups excluding carboxylic acids is 1. The van der Waals surface area contributed by atoms with E-state index in [9.17, 15) is 4.79 Å². The highest BCUT2D eigenvalue weighted by atomic mass is 35.5. The molecule has 4 nitrogen and oxygen atoms in total. The smallest absolute Gasteiger partial charge is 0.241 e. The third-order valence-corrected chi connectivity index (χ3v) is 2.34. The van der Waals surface area contributed by atoms with Crippen molar-refractivity contribution in [2.75, 3.05) is 5.32 Å². The maximum absolute atomic E-state index is 11.6. The van der Waals surface area contributed by atoms with Crippen LogP contribution >= 0.6 is 11.6 Å². The molecule has 0 aromatic carbocycles. The fourth-order valence-corrected chi connectivity index (χ4v) is 1.16. The molecular formula is C10H14ClN3O. The van der Waals surface area contributed by atoms with Gasteiger partial charge in [-0.15, -0.1) is 0 Å². The third-order valence-electron chi connectivity index (χ3n) is 2.04. The van der Waals surface area contributed by atoms with Gasteiger partial charge in [-0.3, -0.25) is 4.79 Å². The molecular weight excluding hydrogens is 214 g/mol. The Hall–Kier alpha value is -1.13. The monoisotopic (exact) mass is 227 g/mol. The zero-order valence-corrected chi connectivity index (χ0v) is 9.45. The number of anilines is 1. The lowest BCUT2D eigenvalue weighted by molar-refractivity contribution is -0.118. The van der Waals surface area contributed by atoms with Crippen molar-refractivity contribution in [3.8, 4) is 0 Å². The molecule has 1 heterocycles. The van der Waals surface area contributed by atoms with Gasteiger partial charge in [0.25, 0.3) is 0 Å². The summed E-state index contributed by atoms with van der Waals surface area (Å²) in [4.78, 5) is 15.4. The molecule has 0 saturated heterocycles. The first-order valence-corrected chi connectivity index (χ1v) is 5.07. The summed E-state index contributed by atoms with van der Waals surface area (Å²) in [6, 6.07) is 2.84. The van der Waals surface area contributed by atoms with E-state index >= 15 is 0 Å². The average Bonchev–Trinajstić information content (AvgIpc) is 2.20. The predicted octanol–water partition coefficient (Wildman–Crippen LogP) is 1.66. The van der Waals surface area contributed by atoms with Crippen LogP contribution < -0.4 is 11.1 Å². The fourth-order valence-electron chi connectivity index (χ4n) is 0.998. The molecule has 1 rings (SSSR count). The maximum atomic E-state index is 11.6. The minimum Gasteiger partial charge on any atom is -0.322 e. The molecule has 1 amide bonds. The van der Waals surface area contributed by atoms with Crippen LogP contribution in [0.15, 0.2) is 18.3 Å². The van der Waals surface area contributed by atoms with Crippen molar-refractivity contribution in [2.45, 2.75) is 19.9 Å². The van der Waals surface area contributed by atoms with Crippen molar-refractivity contribution >= 4 is 23.2 Å². The van der Waals surface area contributed by atoms with E-state index in [-0.39, 0.29) is 17.0 Å². The Labute approximate surface area is 93.8 Å². The molecule has 1 aromatic rings. The van der Waals surface area contributed by atoms with E-state index in [1.165, 1.54) is 0 Å². The van der Waals surface area contributed by atoms with Gasteiger partial charge >= 0.3 is 0 Å². The van der Waals surface area contributed by atoms with E-state index in [1.54, 1.807) is 18.3 Å². The molecule has 0 saturated carbocycles. The Balaban J connectivity index is 2.71. The van der Waals surface area contributed by atoms with Crippen molar-refractivity contribution in [3.63, 3.8) is 0 Å². The minimum absolute atomic E-state index is 0.0837. The summed E-state index contributed by atoms with van der Waals surface area (Å²) in [5.74, 6) is -0.166. The molecule has 0 aliphatic rings.